The van der Waals surface area contributed by atoms with E-state index in [-0.39, 0.29) is 0 Å². The van der Waals surface area contributed by atoms with Crippen LogP contribution in [0.4, 0.5) is 11.5 Å². The van der Waals surface area contributed by atoms with Crippen LogP contribution in [-0.2, 0) is 12.8 Å². The van der Waals surface area contributed by atoms with Crippen molar-refractivity contribution >= 4 is 11.5 Å². The van der Waals surface area contributed by atoms with Crippen LogP contribution < -0.4 is 5.32 Å². The van der Waals surface area contributed by atoms with Crippen molar-refractivity contribution in [2.45, 2.75) is 32.6 Å². The Hall–Kier alpha value is -2.41. The standard InChI is InChI=1S/C16H16N4/c1-11-6-7-14(10-18-11)19-16-13(9-17)8-12-4-2-3-5-15(12)20-16/h6-8,10H,2-5H2,1H3,(H,19,20). The molecule has 0 aromatic carbocycles. The smallest absolute Gasteiger partial charge is 0.148 e. The van der Waals surface area contributed by atoms with Gasteiger partial charge in [-0.3, -0.25) is 4.98 Å². The second-order valence-corrected chi connectivity index (χ2v) is 5.12. The summed E-state index contributed by atoms with van der Waals surface area (Å²) in [5.74, 6) is 0.638. The minimum Gasteiger partial charge on any atom is -0.338 e. The van der Waals surface area contributed by atoms with Crippen molar-refractivity contribution in [1.29, 1.82) is 5.26 Å². The highest BCUT2D eigenvalue weighted by molar-refractivity contribution is 5.63. The summed E-state index contributed by atoms with van der Waals surface area (Å²) in [4.78, 5) is 8.89. The lowest BCUT2D eigenvalue weighted by Gasteiger charge is -2.17. The minimum absolute atomic E-state index is 0.603. The molecule has 0 aliphatic heterocycles. The Morgan fingerprint density at radius 2 is 2.10 bits per heavy atom. The Bertz CT molecular complexity index is 668. The minimum atomic E-state index is 0.603. The van der Waals surface area contributed by atoms with Gasteiger partial charge in [0.2, 0.25) is 0 Å². The number of anilines is 2. The second-order valence-electron chi connectivity index (χ2n) is 5.12. The second kappa shape index (κ2) is 5.30. The summed E-state index contributed by atoms with van der Waals surface area (Å²) in [5.41, 5.74) is 4.77. The summed E-state index contributed by atoms with van der Waals surface area (Å²) in [6.07, 6.45) is 6.16. The van der Waals surface area contributed by atoms with Gasteiger partial charge in [0.1, 0.15) is 11.9 Å². The fourth-order valence-corrected chi connectivity index (χ4v) is 2.49. The summed E-state index contributed by atoms with van der Waals surface area (Å²) in [6, 6.07) is 8.10. The molecule has 4 heteroatoms. The number of nitrogens with one attached hydrogen (secondary N) is 1. The zero-order valence-electron chi connectivity index (χ0n) is 11.5. The Balaban J connectivity index is 1.96. The molecule has 0 amide bonds. The SMILES string of the molecule is Cc1ccc(Nc2nc3c(cc2C#N)CCCC3)cn1. The van der Waals surface area contributed by atoms with Crippen LogP contribution in [0.5, 0.6) is 0 Å². The predicted molar refractivity (Wildman–Crippen MR) is 77.9 cm³/mol. The highest BCUT2D eigenvalue weighted by atomic mass is 15.0. The van der Waals surface area contributed by atoms with Crippen LogP contribution in [0.25, 0.3) is 0 Å². The van der Waals surface area contributed by atoms with Gasteiger partial charge in [-0.05, 0) is 56.4 Å². The normalized spacial score (nSPS) is 13.4. The van der Waals surface area contributed by atoms with Gasteiger partial charge in [0.05, 0.1) is 17.4 Å². The lowest BCUT2D eigenvalue weighted by atomic mass is 9.95. The van der Waals surface area contributed by atoms with E-state index < -0.39 is 0 Å². The van der Waals surface area contributed by atoms with Crippen LogP contribution >= 0.6 is 0 Å². The molecular formula is C16H16N4. The Morgan fingerprint density at radius 1 is 1.25 bits per heavy atom. The topological polar surface area (TPSA) is 61.6 Å². The zero-order valence-corrected chi connectivity index (χ0v) is 11.5. The number of aromatic nitrogens is 2. The molecule has 20 heavy (non-hydrogen) atoms. The molecule has 0 radical (unpaired) electrons. The summed E-state index contributed by atoms with van der Waals surface area (Å²) >= 11 is 0. The van der Waals surface area contributed by atoms with E-state index in [0.29, 0.717) is 11.4 Å². The molecule has 0 spiro atoms. The summed E-state index contributed by atoms with van der Waals surface area (Å²) in [7, 11) is 0. The van der Waals surface area contributed by atoms with Gasteiger partial charge in [-0.1, -0.05) is 0 Å². The first-order chi connectivity index (χ1) is 9.76. The van der Waals surface area contributed by atoms with Crippen molar-refractivity contribution in [3.05, 3.63) is 46.9 Å². The quantitative estimate of drug-likeness (QED) is 0.904. The molecule has 1 aliphatic carbocycles. The van der Waals surface area contributed by atoms with E-state index in [0.717, 1.165) is 29.9 Å². The largest absolute Gasteiger partial charge is 0.338 e. The summed E-state index contributed by atoms with van der Waals surface area (Å²) in [5, 5.41) is 12.5. The first kappa shape index (κ1) is 12.6. The Kier molecular flexibility index (Phi) is 3.34. The first-order valence-electron chi connectivity index (χ1n) is 6.89. The highest BCUT2D eigenvalue weighted by Crippen LogP contribution is 2.26. The van der Waals surface area contributed by atoms with Crippen LogP contribution in [0, 0.1) is 18.3 Å². The molecule has 2 aromatic rings. The first-order valence-corrected chi connectivity index (χ1v) is 6.89. The zero-order chi connectivity index (χ0) is 13.9. The van der Waals surface area contributed by atoms with Crippen molar-refractivity contribution < 1.29 is 0 Å². The molecule has 4 nitrogen and oxygen atoms in total. The molecule has 0 saturated heterocycles. The van der Waals surface area contributed by atoms with Gasteiger partial charge in [0.25, 0.3) is 0 Å². The van der Waals surface area contributed by atoms with E-state index in [1.807, 2.05) is 25.1 Å². The third-order valence-electron chi connectivity index (χ3n) is 3.60. The molecule has 100 valence electrons. The van der Waals surface area contributed by atoms with E-state index >= 15 is 0 Å². The van der Waals surface area contributed by atoms with Crippen LogP contribution in [-0.4, -0.2) is 9.97 Å². The fourth-order valence-electron chi connectivity index (χ4n) is 2.49. The average Bonchev–Trinajstić information content (AvgIpc) is 2.49. The Labute approximate surface area is 118 Å². The van der Waals surface area contributed by atoms with Gasteiger partial charge in [-0.2, -0.15) is 5.26 Å². The number of hydrogen-bond acceptors (Lipinski definition) is 4. The number of nitriles is 1. The number of pyridine rings is 2. The lowest BCUT2D eigenvalue weighted by Crippen LogP contribution is -2.09. The molecule has 3 rings (SSSR count). The van der Waals surface area contributed by atoms with E-state index in [2.05, 4.69) is 21.4 Å². The molecular weight excluding hydrogens is 248 g/mol. The number of hydrogen-bond donors (Lipinski definition) is 1. The number of fused-ring (bicyclic) bond motifs is 1. The summed E-state index contributed by atoms with van der Waals surface area (Å²) < 4.78 is 0. The third-order valence-corrected chi connectivity index (χ3v) is 3.60. The van der Waals surface area contributed by atoms with Crippen molar-refractivity contribution in [3.8, 4) is 6.07 Å². The monoisotopic (exact) mass is 264 g/mol. The van der Waals surface area contributed by atoms with Gasteiger partial charge >= 0.3 is 0 Å². The summed E-state index contributed by atoms with van der Waals surface area (Å²) in [6.45, 7) is 1.95. The number of nitrogens with zero attached hydrogens (tertiary/aromatic N) is 3. The van der Waals surface area contributed by atoms with Gasteiger partial charge in [-0.25, -0.2) is 4.98 Å². The maximum Gasteiger partial charge on any atom is 0.148 e. The maximum absolute atomic E-state index is 9.30. The number of aryl methyl sites for hydroxylation is 3. The molecule has 1 N–H and O–H groups in total. The van der Waals surface area contributed by atoms with Crippen LogP contribution in [0.2, 0.25) is 0 Å². The predicted octanol–water partition coefficient (Wildman–Crippen LogP) is 3.28. The van der Waals surface area contributed by atoms with Gasteiger partial charge in [0.15, 0.2) is 0 Å². The molecule has 0 bridgehead atoms. The molecule has 0 fully saturated rings. The molecule has 2 heterocycles. The van der Waals surface area contributed by atoms with Crippen molar-refractivity contribution in [2.24, 2.45) is 0 Å². The molecule has 1 aliphatic rings. The van der Waals surface area contributed by atoms with Crippen LogP contribution in [0.3, 0.4) is 0 Å². The van der Waals surface area contributed by atoms with Gasteiger partial charge in [-0.15, -0.1) is 0 Å². The lowest BCUT2D eigenvalue weighted by molar-refractivity contribution is 0.668. The van der Waals surface area contributed by atoms with Crippen LogP contribution in [0.1, 0.15) is 35.4 Å². The average molecular weight is 264 g/mol. The van der Waals surface area contributed by atoms with Crippen LogP contribution in [0.15, 0.2) is 24.4 Å². The van der Waals surface area contributed by atoms with E-state index in [1.165, 1.54) is 18.4 Å². The third kappa shape index (κ3) is 2.48. The molecule has 0 unspecified atom stereocenters. The number of rotatable bonds is 2. The van der Waals surface area contributed by atoms with Crippen molar-refractivity contribution in [1.82, 2.24) is 9.97 Å². The van der Waals surface area contributed by atoms with E-state index in [1.54, 1.807) is 6.20 Å². The molecule has 0 atom stereocenters. The van der Waals surface area contributed by atoms with Gasteiger partial charge < -0.3 is 5.32 Å². The van der Waals surface area contributed by atoms with E-state index in [4.69, 9.17) is 0 Å². The Morgan fingerprint density at radius 3 is 2.85 bits per heavy atom. The molecule has 0 saturated carbocycles. The van der Waals surface area contributed by atoms with Crippen molar-refractivity contribution in [3.63, 3.8) is 0 Å². The van der Waals surface area contributed by atoms with Gasteiger partial charge in [0, 0.05) is 11.4 Å². The van der Waals surface area contributed by atoms with Crippen molar-refractivity contribution in [2.75, 3.05) is 5.32 Å². The van der Waals surface area contributed by atoms with E-state index in [9.17, 15) is 5.26 Å². The molecule has 2 aromatic heterocycles. The maximum atomic E-state index is 9.30. The fraction of sp³-hybridized carbons (Fsp3) is 0.312. The highest BCUT2D eigenvalue weighted by Gasteiger charge is 2.15.